The summed E-state index contributed by atoms with van der Waals surface area (Å²) in [6.07, 6.45) is 59.6. The summed E-state index contributed by atoms with van der Waals surface area (Å²) in [6.45, 7) is 5.15. The summed E-state index contributed by atoms with van der Waals surface area (Å²) in [5.41, 5.74) is 0. The van der Waals surface area contributed by atoms with Gasteiger partial charge in [-0.2, -0.15) is 0 Å². The maximum Gasteiger partial charge on any atom is 0.305 e. The van der Waals surface area contributed by atoms with Gasteiger partial charge < -0.3 is 4.74 Å². The molecule has 0 aromatic heterocycles. The molecular formula is C45H84O2. The molecule has 0 unspecified atom stereocenters. The Hall–Kier alpha value is -1.31. The van der Waals surface area contributed by atoms with Crippen molar-refractivity contribution in [2.24, 2.45) is 0 Å². The number of allylic oxidation sites excluding steroid dienone is 6. The van der Waals surface area contributed by atoms with Gasteiger partial charge >= 0.3 is 5.97 Å². The van der Waals surface area contributed by atoms with Gasteiger partial charge in [-0.3, -0.25) is 4.79 Å². The number of ether oxygens (including phenoxy) is 1. The van der Waals surface area contributed by atoms with Gasteiger partial charge in [0.25, 0.3) is 0 Å². The number of hydrogen-bond acceptors (Lipinski definition) is 2. The average molecular weight is 657 g/mol. The molecular weight excluding hydrogens is 572 g/mol. The summed E-state index contributed by atoms with van der Waals surface area (Å²) in [5.74, 6) is 0.00723. The molecule has 0 bridgehead atoms. The van der Waals surface area contributed by atoms with Crippen molar-refractivity contribution >= 4 is 5.97 Å². The lowest BCUT2D eigenvalue weighted by atomic mass is 10.0. The molecule has 0 spiro atoms. The predicted molar refractivity (Wildman–Crippen MR) is 211 cm³/mol. The summed E-state index contributed by atoms with van der Waals surface area (Å²) in [7, 11) is 0. The second-order valence-electron chi connectivity index (χ2n) is 14.4. The molecule has 0 aliphatic carbocycles. The van der Waals surface area contributed by atoms with Gasteiger partial charge in [-0.1, -0.05) is 237 Å². The van der Waals surface area contributed by atoms with E-state index in [1.165, 1.54) is 193 Å². The zero-order valence-electron chi connectivity index (χ0n) is 32.2. The lowest BCUT2D eigenvalue weighted by Gasteiger charge is -2.06. The van der Waals surface area contributed by atoms with Crippen LogP contribution in [0.4, 0.5) is 0 Å². The number of hydrogen-bond donors (Lipinski definition) is 0. The van der Waals surface area contributed by atoms with Crippen molar-refractivity contribution in [3.05, 3.63) is 36.5 Å². The Labute approximate surface area is 296 Å². The molecule has 0 saturated carbocycles. The van der Waals surface area contributed by atoms with Crippen molar-refractivity contribution in [3.8, 4) is 0 Å². The molecule has 0 rings (SSSR count). The van der Waals surface area contributed by atoms with Crippen LogP contribution in [0.3, 0.4) is 0 Å². The highest BCUT2D eigenvalue weighted by atomic mass is 16.5. The molecule has 2 nitrogen and oxygen atoms in total. The van der Waals surface area contributed by atoms with Crippen LogP contribution in [0.25, 0.3) is 0 Å². The van der Waals surface area contributed by atoms with Gasteiger partial charge in [0.15, 0.2) is 0 Å². The van der Waals surface area contributed by atoms with Gasteiger partial charge in [-0.05, 0) is 32.1 Å². The Morgan fingerprint density at radius 2 is 0.681 bits per heavy atom. The van der Waals surface area contributed by atoms with Crippen molar-refractivity contribution < 1.29 is 9.53 Å². The summed E-state index contributed by atoms with van der Waals surface area (Å²) >= 11 is 0. The first-order chi connectivity index (χ1) is 23.3. The van der Waals surface area contributed by atoms with Gasteiger partial charge in [0, 0.05) is 6.42 Å². The number of unbranched alkanes of at least 4 members (excludes halogenated alkanes) is 31. The molecule has 0 aliphatic heterocycles. The van der Waals surface area contributed by atoms with Crippen molar-refractivity contribution in [1.82, 2.24) is 0 Å². The summed E-state index contributed by atoms with van der Waals surface area (Å²) < 4.78 is 5.45. The van der Waals surface area contributed by atoms with E-state index in [0.717, 1.165) is 25.7 Å². The minimum atomic E-state index is 0.00723. The zero-order valence-corrected chi connectivity index (χ0v) is 32.2. The molecule has 0 aromatic carbocycles. The van der Waals surface area contributed by atoms with Crippen molar-refractivity contribution in [3.63, 3.8) is 0 Å². The van der Waals surface area contributed by atoms with Gasteiger partial charge in [0.05, 0.1) is 6.61 Å². The minimum Gasteiger partial charge on any atom is -0.466 e. The molecule has 0 radical (unpaired) electrons. The van der Waals surface area contributed by atoms with E-state index in [1.807, 2.05) is 0 Å². The monoisotopic (exact) mass is 657 g/mol. The Kier molecular flexibility index (Phi) is 41.5. The summed E-state index contributed by atoms with van der Waals surface area (Å²) in [5, 5.41) is 0. The molecule has 0 N–H and O–H groups in total. The average Bonchev–Trinajstić information content (AvgIpc) is 3.08. The Bertz CT molecular complexity index is 675. The summed E-state index contributed by atoms with van der Waals surface area (Å²) in [6, 6.07) is 0. The Balaban J connectivity index is 3.20. The van der Waals surface area contributed by atoms with Gasteiger partial charge in [0.2, 0.25) is 0 Å². The number of esters is 1. The molecule has 0 fully saturated rings. The predicted octanol–water partition coefficient (Wildman–Crippen LogP) is 15.9. The SMILES string of the molecule is CCCCC=CC=CC=CCCCCCCCC(=O)OCCCCCCCCCCCCCCCCCCCCCCCCCCC. The lowest BCUT2D eigenvalue weighted by molar-refractivity contribution is -0.143. The smallest absolute Gasteiger partial charge is 0.305 e. The molecule has 0 amide bonds. The molecule has 276 valence electrons. The van der Waals surface area contributed by atoms with Crippen LogP contribution >= 0.6 is 0 Å². The second kappa shape index (κ2) is 42.7. The van der Waals surface area contributed by atoms with E-state index >= 15 is 0 Å². The maximum atomic E-state index is 12.0. The van der Waals surface area contributed by atoms with Crippen LogP contribution in [0.15, 0.2) is 36.5 Å². The van der Waals surface area contributed by atoms with Gasteiger partial charge in [-0.15, -0.1) is 0 Å². The van der Waals surface area contributed by atoms with Crippen LogP contribution in [0.2, 0.25) is 0 Å². The van der Waals surface area contributed by atoms with Crippen LogP contribution in [-0.4, -0.2) is 12.6 Å². The molecule has 0 atom stereocenters. The topological polar surface area (TPSA) is 26.3 Å². The quantitative estimate of drug-likeness (QED) is 0.0374. The fourth-order valence-electron chi connectivity index (χ4n) is 6.36. The first-order valence-corrected chi connectivity index (χ1v) is 21.4. The zero-order chi connectivity index (χ0) is 34.0. The molecule has 0 saturated heterocycles. The van der Waals surface area contributed by atoms with E-state index in [-0.39, 0.29) is 5.97 Å². The third-order valence-electron chi connectivity index (χ3n) is 9.59. The highest BCUT2D eigenvalue weighted by molar-refractivity contribution is 5.69. The molecule has 0 heterocycles. The second-order valence-corrected chi connectivity index (χ2v) is 14.4. The van der Waals surface area contributed by atoms with Crippen LogP contribution in [0.1, 0.15) is 239 Å². The maximum absolute atomic E-state index is 12.0. The minimum absolute atomic E-state index is 0.00723. The standard InChI is InChI=1S/C45H84O2/c1-3-5-7-9-11-13-15-17-19-20-21-22-23-24-25-26-27-28-30-32-34-36-38-40-42-44-47-45(46)43-41-39-37-35-33-31-29-18-16-14-12-10-8-6-4-2/h10,12,14,16,18,29H,3-9,11,13,15,17,19-28,30-44H2,1-2H3. The van der Waals surface area contributed by atoms with Crippen LogP contribution in [0.5, 0.6) is 0 Å². The van der Waals surface area contributed by atoms with E-state index < -0.39 is 0 Å². The molecule has 47 heavy (non-hydrogen) atoms. The van der Waals surface area contributed by atoms with Crippen LogP contribution in [0, 0.1) is 0 Å². The highest BCUT2D eigenvalue weighted by Gasteiger charge is 2.02. The largest absolute Gasteiger partial charge is 0.466 e. The lowest BCUT2D eigenvalue weighted by Crippen LogP contribution is -2.05. The van der Waals surface area contributed by atoms with Crippen molar-refractivity contribution in [2.75, 3.05) is 6.61 Å². The van der Waals surface area contributed by atoms with Crippen molar-refractivity contribution in [2.45, 2.75) is 239 Å². The third kappa shape index (κ3) is 42.7. The van der Waals surface area contributed by atoms with E-state index in [0.29, 0.717) is 13.0 Å². The third-order valence-corrected chi connectivity index (χ3v) is 9.59. The number of carbonyl (C=O) groups is 1. The van der Waals surface area contributed by atoms with Crippen molar-refractivity contribution in [1.29, 1.82) is 0 Å². The van der Waals surface area contributed by atoms with Crippen LogP contribution < -0.4 is 0 Å². The molecule has 0 aromatic rings. The highest BCUT2D eigenvalue weighted by Crippen LogP contribution is 2.16. The van der Waals surface area contributed by atoms with Crippen LogP contribution in [-0.2, 0) is 9.53 Å². The van der Waals surface area contributed by atoms with E-state index in [2.05, 4.69) is 50.3 Å². The molecule has 2 heteroatoms. The fourth-order valence-corrected chi connectivity index (χ4v) is 6.36. The fraction of sp³-hybridized carbons (Fsp3) is 0.844. The first kappa shape index (κ1) is 45.7. The van der Waals surface area contributed by atoms with E-state index in [1.54, 1.807) is 0 Å². The van der Waals surface area contributed by atoms with E-state index in [4.69, 9.17) is 4.74 Å². The first-order valence-electron chi connectivity index (χ1n) is 21.4. The number of carbonyl (C=O) groups excluding carboxylic acids is 1. The Morgan fingerprint density at radius 3 is 1.09 bits per heavy atom. The summed E-state index contributed by atoms with van der Waals surface area (Å²) in [4.78, 5) is 12.0. The molecule has 0 aliphatic rings. The van der Waals surface area contributed by atoms with E-state index in [9.17, 15) is 4.79 Å². The van der Waals surface area contributed by atoms with Gasteiger partial charge in [0.1, 0.15) is 0 Å². The normalized spacial score (nSPS) is 12.0. The van der Waals surface area contributed by atoms with Gasteiger partial charge in [-0.25, -0.2) is 0 Å². The number of rotatable bonds is 39. The Morgan fingerprint density at radius 1 is 0.362 bits per heavy atom.